The van der Waals surface area contributed by atoms with Crippen LogP contribution < -0.4 is 0 Å². The molecule has 0 fully saturated rings. The summed E-state index contributed by atoms with van der Waals surface area (Å²) in [6, 6.07) is 116. The molecule has 0 aliphatic heterocycles. The van der Waals surface area contributed by atoms with Crippen molar-refractivity contribution in [1.82, 2.24) is 38.2 Å². The zero-order valence-electron chi connectivity index (χ0n) is 58.4. The molecule has 0 aliphatic carbocycles. The van der Waals surface area contributed by atoms with Crippen LogP contribution in [0.15, 0.2) is 345 Å². The molecule has 0 aliphatic rings. The van der Waals surface area contributed by atoms with E-state index in [1.807, 2.05) is 60.7 Å². The molecule has 0 bridgehead atoms. The van der Waals surface area contributed by atoms with Gasteiger partial charge < -0.3 is 26.8 Å². The molecule has 12 heteroatoms. The van der Waals surface area contributed by atoms with Crippen LogP contribution in [-0.2, 0) is 0 Å². The van der Waals surface area contributed by atoms with Crippen molar-refractivity contribution < 1.29 is 17.7 Å². The molecule has 25 aromatic rings. The molecular formula is C98H54N8O4. The number of fused-ring (bicyclic) bond motifs is 28. The number of pyridine rings is 1. The average molecular weight is 1410 g/mol. The highest BCUT2D eigenvalue weighted by molar-refractivity contribution is 6.32. The molecule has 0 spiro atoms. The molecule has 510 valence electrons. The first kappa shape index (κ1) is 59.2. The Morgan fingerprint density at radius 1 is 0.173 bits per heavy atom. The topological polar surface area (TPSA) is 124 Å². The maximum absolute atomic E-state index is 6.88. The van der Waals surface area contributed by atoms with Crippen molar-refractivity contribution in [2.75, 3.05) is 0 Å². The second-order valence-electron chi connectivity index (χ2n) is 28.6. The van der Waals surface area contributed by atoms with Gasteiger partial charge in [-0.2, -0.15) is 0 Å². The molecular weight excluding hydrogens is 1350 g/mol. The number of nitrogens with zero attached hydrogens (tertiary/aromatic N) is 8. The van der Waals surface area contributed by atoms with E-state index in [2.05, 4.69) is 285 Å². The molecule has 0 N–H and O–H groups in total. The minimum Gasteiger partial charge on any atom is -0.456 e. The maximum atomic E-state index is 6.88. The molecule has 15 aromatic carbocycles. The van der Waals surface area contributed by atoms with Crippen LogP contribution in [0.1, 0.15) is 0 Å². The first-order valence-corrected chi connectivity index (χ1v) is 37.0. The molecule has 0 atom stereocenters. The number of para-hydroxylation sites is 8. The highest BCUT2D eigenvalue weighted by Crippen LogP contribution is 2.53. The highest BCUT2D eigenvalue weighted by atomic mass is 16.3. The molecule has 0 saturated carbocycles. The Kier molecular flexibility index (Phi) is 11.9. The van der Waals surface area contributed by atoms with Gasteiger partial charge in [0.25, 0.3) is 0 Å². The zero-order valence-corrected chi connectivity index (χ0v) is 58.4. The maximum Gasteiger partial charge on any atom is 0.165 e. The number of hydrogen-bond acceptors (Lipinski definition) is 8. The van der Waals surface area contributed by atoms with Gasteiger partial charge in [0.1, 0.15) is 56.0 Å². The Hall–Kier alpha value is -15.1. The fraction of sp³-hybridized carbons (Fsp3) is 0. The highest BCUT2D eigenvalue weighted by Gasteiger charge is 2.35. The van der Waals surface area contributed by atoms with Crippen molar-refractivity contribution in [2.24, 2.45) is 0 Å². The fourth-order valence-electron chi connectivity index (χ4n) is 18.3. The number of benzene rings is 15. The van der Waals surface area contributed by atoms with Gasteiger partial charge >= 0.3 is 0 Å². The fourth-order valence-corrected chi connectivity index (χ4v) is 18.3. The SMILES string of the molecule is c1ccc(-c2nc(-c3ccccc3)nc(-c3ccc(-c4c(-n5c6ccccc6c6c7c(ccc65)oc5ccccc57)c(-n5c6ccccc6c6c7c(ccc65)oc5ccccc57)nc(-n5c6ccccc6c6c7c(ccc65)oc5ccccc57)c4-n4c5ccccc5c5c6c(ccc54)oc4ccccc46)cc3)n2)cc1. The Labute approximate surface area is 623 Å². The molecule has 10 aromatic heterocycles. The van der Waals surface area contributed by atoms with Crippen LogP contribution in [0.4, 0.5) is 0 Å². The largest absolute Gasteiger partial charge is 0.456 e. The molecule has 25 rings (SSSR count). The van der Waals surface area contributed by atoms with Crippen LogP contribution in [0.5, 0.6) is 0 Å². The minimum atomic E-state index is 0.532. The summed E-state index contributed by atoms with van der Waals surface area (Å²) in [7, 11) is 0. The van der Waals surface area contributed by atoms with Crippen molar-refractivity contribution in [3.63, 3.8) is 0 Å². The molecule has 0 unspecified atom stereocenters. The van der Waals surface area contributed by atoms with Crippen LogP contribution >= 0.6 is 0 Å². The minimum absolute atomic E-state index is 0.532. The summed E-state index contributed by atoms with van der Waals surface area (Å²) < 4.78 is 37.3. The molecule has 0 radical (unpaired) electrons. The summed E-state index contributed by atoms with van der Waals surface area (Å²) in [6.45, 7) is 0. The number of aromatic nitrogens is 8. The average Bonchev–Trinajstić information content (AvgIpc) is 1.51. The Bertz CT molecular complexity index is 7840. The van der Waals surface area contributed by atoms with E-state index in [0.717, 1.165) is 214 Å². The van der Waals surface area contributed by atoms with Gasteiger partial charge in [-0.15, -0.1) is 0 Å². The Morgan fingerprint density at radius 2 is 0.427 bits per heavy atom. The van der Waals surface area contributed by atoms with Crippen molar-refractivity contribution in [2.45, 2.75) is 0 Å². The van der Waals surface area contributed by atoms with Crippen LogP contribution in [0.25, 0.3) is 243 Å². The summed E-state index contributed by atoms with van der Waals surface area (Å²) >= 11 is 0. The van der Waals surface area contributed by atoms with E-state index < -0.39 is 0 Å². The lowest BCUT2D eigenvalue weighted by molar-refractivity contribution is 0.669. The smallest absolute Gasteiger partial charge is 0.165 e. The van der Waals surface area contributed by atoms with Crippen molar-refractivity contribution in [3.8, 4) is 68.3 Å². The van der Waals surface area contributed by atoms with E-state index in [4.69, 9.17) is 37.6 Å². The van der Waals surface area contributed by atoms with Gasteiger partial charge in [-0.25, -0.2) is 19.9 Å². The number of rotatable bonds is 8. The predicted molar refractivity (Wildman–Crippen MR) is 446 cm³/mol. The number of hydrogen-bond donors (Lipinski definition) is 0. The van der Waals surface area contributed by atoms with Gasteiger partial charge in [0, 0.05) is 108 Å². The summed E-state index contributed by atoms with van der Waals surface area (Å²) in [4.78, 5) is 22.6. The monoisotopic (exact) mass is 1410 g/mol. The lowest BCUT2D eigenvalue weighted by atomic mass is 9.98. The van der Waals surface area contributed by atoms with Gasteiger partial charge in [-0.05, 0) is 103 Å². The van der Waals surface area contributed by atoms with Gasteiger partial charge in [0.15, 0.2) is 29.1 Å². The van der Waals surface area contributed by atoms with Crippen LogP contribution in [-0.4, -0.2) is 38.2 Å². The second kappa shape index (κ2) is 22.2. The van der Waals surface area contributed by atoms with E-state index in [0.29, 0.717) is 29.1 Å². The van der Waals surface area contributed by atoms with E-state index >= 15 is 0 Å². The van der Waals surface area contributed by atoms with Crippen LogP contribution in [0.2, 0.25) is 0 Å². The lowest BCUT2D eigenvalue weighted by Crippen LogP contribution is -2.16. The third kappa shape index (κ3) is 8.11. The second-order valence-corrected chi connectivity index (χ2v) is 28.6. The molecule has 0 saturated heterocycles. The molecule has 12 nitrogen and oxygen atoms in total. The quantitative estimate of drug-likeness (QED) is 0.147. The standard InChI is InChI=1S/C98H54N8O4/c1-3-23-56(24-4-1)94-99-95(57-25-5-2-6-26-57)101-96(100-94)58-45-43-55(44-46-58)83-92(103-67-35-15-7-27-59(67)84-71(103)47-51-79-88(84)63-31-11-19-39-75(63)107-79)97(105-69-37-17-9-29-61(69)86-73(105)49-53-81-90(86)65-33-13-21-41-77(65)109-81)102-98(106-70-38-18-10-30-62(70)87-74(106)50-54-82-91(87)66-34-14-22-42-78(66)110-82)93(83)104-68-36-16-8-28-60(68)85-72(104)48-52-80-89(85)64-32-12-20-40-76(64)108-80/h1-54H. The van der Waals surface area contributed by atoms with Gasteiger partial charge in [0.05, 0.1) is 44.1 Å². The normalized spacial score (nSPS) is 12.4. The van der Waals surface area contributed by atoms with Crippen molar-refractivity contribution in [3.05, 3.63) is 328 Å². The summed E-state index contributed by atoms with van der Waals surface area (Å²) in [5.41, 5.74) is 20.1. The van der Waals surface area contributed by atoms with E-state index in [1.165, 1.54) is 0 Å². The first-order chi connectivity index (χ1) is 54.6. The van der Waals surface area contributed by atoms with E-state index in [-0.39, 0.29) is 0 Å². The number of furan rings is 4. The first-order valence-electron chi connectivity index (χ1n) is 37.0. The third-order valence-corrected chi connectivity index (χ3v) is 22.8. The third-order valence-electron chi connectivity index (χ3n) is 22.8. The van der Waals surface area contributed by atoms with Gasteiger partial charge in [-0.3, -0.25) is 9.13 Å². The molecule has 10 heterocycles. The summed E-state index contributed by atoms with van der Waals surface area (Å²) in [6.07, 6.45) is 0. The van der Waals surface area contributed by atoms with Crippen LogP contribution in [0.3, 0.4) is 0 Å². The predicted octanol–water partition coefficient (Wildman–Crippen LogP) is 25.9. The summed E-state index contributed by atoms with van der Waals surface area (Å²) in [5.74, 6) is 3.01. The van der Waals surface area contributed by atoms with Crippen molar-refractivity contribution >= 4 is 175 Å². The molecule has 0 amide bonds. The molecule has 110 heavy (non-hydrogen) atoms. The van der Waals surface area contributed by atoms with E-state index in [9.17, 15) is 0 Å². The van der Waals surface area contributed by atoms with Crippen LogP contribution in [0, 0.1) is 0 Å². The Morgan fingerprint density at radius 3 is 0.755 bits per heavy atom. The van der Waals surface area contributed by atoms with Gasteiger partial charge in [0.2, 0.25) is 0 Å². The van der Waals surface area contributed by atoms with Crippen molar-refractivity contribution in [1.29, 1.82) is 0 Å². The zero-order chi connectivity index (χ0) is 71.6. The summed E-state index contributed by atoms with van der Waals surface area (Å²) in [5, 5.41) is 16.6. The van der Waals surface area contributed by atoms with E-state index in [1.54, 1.807) is 0 Å². The van der Waals surface area contributed by atoms with Gasteiger partial charge in [-0.1, -0.05) is 231 Å². The lowest BCUT2D eigenvalue weighted by Gasteiger charge is -2.27. The Balaban J connectivity index is 0.932.